The second kappa shape index (κ2) is 8.44. The lowest BCUT2D eigenvalue weighted by molar-refractivity contribution is -0.137. The van der Waals surface area contributed by atoms with Gasteiger partial charge >= 0.3 is 12.1 Å². The Kier molecular flexibility index (Phi) is 6.50. The summed E-state index contributed by atoms with van der Waals surface area (Å²) in [4.78, 5) is 10.6. The average Bonchev–Trinajstić information content (AvgIpc) is 2.60. The molecule has 0 fully saturated rings. The molecule has 2 aromatic carbocycles. The predicted octanol–water partition coefficient (Wildman–Crippen LogP) is 3.68. The number of halogens is 3. The molecule has 0 heterocycles. The van der Waals surface area contributed by atoms with Crippen LogP contribution in [0.5, 0.6) is 0 Å². The molecule has 0 radical (unpaired) electrons. The van der Waals surface area contributed by atoms with Crippen LogP contribution >= 0.6 is 11.8 Å². The number of sulfonamides is 1. The highest BCUT2D eigenvalue weighted by atomic mass is 32.2. The van der Waals surface area contributed by atoms with Crippen LogP contribution in [0.25, 0.3) is 0 Å². The Balaban J connectivity index is 2.36. The first-order chi connectivity index (χ1) is 12.6. The Bertz CT molecular complexity index is 946. The molecule has 0 aromatic heterocycles. The molecule has 0 aliphatic heterocycles. The van der Waals surface area contributed by atoms with E-state index in [4.69, 9.17) is 5.11 Å². The van der Waals surface area contributed by atoms with E-state index in [0.717, 1.165) is 18.2 Å². The van der Waals surface area contributed by atoms with E-state index in [1.54, 1.807) is 6.07 Å². The molecule has 144 valence electrons. The average molecular weight is 418 g/mol. The Hall–Kier alpha value is -2.53. The number of amidine groups is 1. The summed E-state index contributed by atoms with van der Waals surface area (Å²) in [7, 11) is -4.18. The number of alkyl halides is 3. The van der Waals surface area contributed by atoms with Gasteiger partial charge in [-0.25, -0.2) is 0 Å². The van der Waals surface area contributed by atoms with Crippen molar-refractivity contribution in [3.63, 3.8) is 0 Å². The highest BCUT2D eigenvalue weighted by Crippen LogP contribution is 2.31. The van der Waals surface area contributed by atoms with Crippen molar-refractivity contribution in [2.45, 2.75) is 11.1 Å². The summed E-state index contributed by atoms with van der Waals surface area (Å²) in [5.41, 5.74) is -1.02. The molecule has 11 heteroatoms. The lowest BCUT2D eigenvalue weighted by Crippen LogP contribution is -2.15. The minimum atomic E-state index is -4.58. The summed E-state index contributed by atoms with van der Waals surface area (Å²) in [6, 6.07) is 11.2. The summed E-state index contributed by atoms with van der Waals surface area (Å²) >= 11 is 0.538. The second-order valence-electron chi connectivity index (χ2n) is 5.07. The quantitative estimate of drug-likeness (QED) is 0.568. The van der Waals surface area contributed by atoms with Crippen molar-refractivity contribution in [1.29, 1.82) is 0 Å². The fourth-order valence-corrected chi connectivity index (χ4v) is 3.69. The largest absolute Gasteiger partial charge is 0.481 e. The van der Waals surface area contributed by atoms with Crippen molar-refractivity contribution >= 4 is 38.6 Å². The monoisotopic (exact) mass is 418 g/mol. The number of benzene rings is 2. The van der Waals surface area contributed by atoms with Crippen LogP contribution in [-0.2, 0) is 21.0 Å². The molecule has 6 nitrogen and oxygen atoms in total. The normalized spacial score (nSPS) is 12.6. The van der Waals surface area contributed by atoms with E-state index in [9.17, 15) is 26.4 Å². The lowest BCUT2D eigenvalue weighted by atomic mass is 10.2. The summed E-state index contributed by atoms with van der Waals surface area (Å²) in [6.45, 7) is 0. The number of carboxylic acids is 1. The molecule has 0 bridgehead atoms. The first-order valence-electron chi connectivity index (χ1n) is 7.27. The first kappa shape index (κ1) is 20.8. The summed E-state index contributed by atoms with van der Waals surface area (Å²) < 4.78 is 66.6. The molecular weight excluding hydrogens is 405 g/mol. The molecule has 0 aliphatic carbocycles. The van der Waals surface area contributed by atoms with E-state index in [2.05, 4.69) is 9.71 Å². The third kappa shape index (κ3) is 6.29. The van der Waals surface area contributed by atoms with E-state index in [1.165, 1.54) is 30.3 Å². The number of aliphatic carboxylic acids is 1. The van der Waals surface area contributed by atoms with E-state index < -0.39 is 33.5 Å². The molecule has 2 aromatic rings. The number of carbonyl (C=O) groups is 1. The van der Waals surface area contributed by atoms with Gasteiger partial charge < -0.3 is 10.4 Å². The van der Waals surface area contributed by atoms with E-state index in [1.807, 2.05) is 0 Å². The topological polar surface area (TPSA) is 95.8 Å². The zero-order valence-electron chi connectivity index (χ0n) is 13.5. The number of nitrogens with one attached hydrogen (secondary N) is 1. The van der Waals surface area contributed by atoms with Gasteiger partial charge in [0.25, 0.3) is 10.0 Å². The van der Waals surface area contributed by atoms with Crippen molar-refractivity contribution in [3.05, 3.63) is 60.2 Å². The number of rotatable bonds is 5. The molecule has 0 spiro atoms. The van der Waals surface area contributed by atoms with Crippen LogP contribution in [0.4, 0.5) is 18.9 Å². The number of carboxylic acid groups (broad SMARTS) is 1. The number of anilines is 1. The third-order valence-electron chi connectivity index (χ3n) is 3.02. The molecule has 0 aliphatic rings. The van der Waals surface area contributed by atoms with Crippen molar-refractivity contribution in [2.75, 3.05) is 11.1 Å². The van der Waals surface area contributed by atoms with Crippen LogP contribution < -0.4 is 5.32 Å². The Morgan fingerprint density at radius 3 is 2.37 bits per heavy atom. The fraction of sp³-hybridized carbons (Fsp3) is 0.125. The van der Waals surface area contributed by atoms with Gasteiger partial charge in [-0.2, -0.15) is 21.6 Å². The van der Waals surface area contributed by atoms with Crippen molar-refractivity contribution in [3.8, 4) is 0 Å². The molecule has 0 amide bonds. The second-order valence-corrected chi connectivity index (χ2v) is 7.64. The molecule has 0 saturated heterocycles. The van der Waals surface area contributed by atoms with Crippen LogP contribution in [0.1, 0.15) is 5.56 Å². The van der Waals surface area contributed by atoms with Crippen molar-refractivity contribution in [2.24, 2.45) is 4.40 Å². The van der Waals surface area contributed by atoms with E-state index in [0.29, 0.717) is 11.8 Å². The van der Waals surface area contributed by atoms with E-state index in [-0.39, 0.29) is 15.8 Å². The zero-order chi connectivity index (χ0) is 20.1. The smallest absolute Gasteiger partial charge is 0.416 e. The molecule has 0 saturated carbocycles. The standard InChI is InChI=1S/C16H13F3N2O4S2/c17-16(18,19)11-5-4-6-12(9-11)20-15(26-10-14(22)23)21-27(24,25)13-7-2-1-3-8-13/h1-9H,10H2,(H,20,21)(H,22,23). The highest BCUT2D eigenvalue weighted by Gasteiger charge is 2.30. The number of hydrogen-bond donors (Lipinski definition) is 2. The highest BCUT2D eigenvalue weighted by molar-refractivity contribution is 8.15. The van der Waals surface area contributed by atoms with Gasteiger partial charge in [-0.05, 0) is 30.3 Å². The van der Waals surface area contributed by atoms with Crippen LogP contribution in [0.15, 0.2) is 63.9 Å². The molecule has 27 heavy (non-hydrogen) atoms. The summed E-state index contributed by atoms with van der Waals surface area (Å²) in [5, 5.41) is 10.9. The molecule has 2 rings (SSSR count). The van der Waals surface area contributed by atoms with Crippen LogP contribution in [0.3, 0.4) is 0 Å². The Morgan fingerprint density at radius 1 is 1.11 bits per heavy atom. The lowest BCUT2D eigenvalue weighted by Gasteiger charge is -2.12. The maximum absolute atomic E-state index is 12.8. The molecular formula is C16H13F3N2O4S2. The fourth-order valence-electron chi connectivity index (χ4n) is 1.87. The van der Waals surface area contributed by atoms with Gasteiger partial charge in [0.1, 0.15) is 0 Å². The summed E-state index contributed by atoms with van der Waals surface area (Å²) in [5.74, 6) is -1.77. The van der Waals surface area contributed by atoms with Gasteiger partial charge in [-0.1, -0.05) is 36.0 Å². The van der Waals surface area contributed by atoms with Crippen LogP contribution in [0.2, 0.25) is 0 Å². The maximum atomic E-state index is 12.8. The van der Waals surface area contributed by atoms with Gasteiger partial charge in [-0.3, -0.25) is 4.79 Å². The molecule has 0 unspecified atom stereocenters. The molecule has 0 atom stereocenters. The van der Waals surface area contributed by atoms with Crippen LogP contribution in [-0.4, -0.2) is 30.4 Å². The number of hydrogen-bond acceptors (Lipinski definition) is 4. The van der Waals surface area contributed by atoms with Crippen molar-refractivity contribution < 1.29 is 31.5 Å². The van der Waals surface area contributed by atoms with Gasteiger partial charge in [0.05, 0.1) is 16.2 Å². The Morgan fingerprint density at radius 2 is 1.78 bits per heavy atom. The first-order valence-corrected chi connectivity index (χ1v) is 9.69. The predicted molar refractivity (Wildman–Crippen MR) is 96.2 cm³/mol. The number of nitrogens with zero attached hydrogens (tertiary/aromatic N) is 1. The van der Waals surface area contributed by atoms with Gasteiger partial charge in [-0.15, -0.1) is 4.40 Å². The van der Waals surface area contributed by atoms with Gasteiger partial charge in [0.15, 0.2) is 5.17 Å². The van der Waals surface area contributed by atoms with E-state index >= 15 is 0 Å². The maximum Gasteiger partial charge on any atom is 0.416 e. The zero-order valence-corrected chi connectivity index (χ0v) is 15.1. The summed E-state index contributed by atoms with van der Waals surface area (Å²) in [6.07, 6.45) is -4.58. The number of thioether (sulfide) groups is 1. The van der Waals surface area contributed by atoms with Gasteiger partial charge in [0, 0.05) is 5.69 Å². The van der Waals surface area contributed by atoms with Crippen molar-refractivity contribution in [1.82, 2.24) is 0 Å². The minimum absolute atomic E-state index is 0.0790. The minimum Gasteiger partial charge on any atom is -0.481 e. The SMILES string of the molecule is O=C(O)CS/C(=N/S(=O)(=O)c1ccccc1)Nc1cccc(C(F)(F)F)c1. The third-order valence-corrected chi connectivity index (χ3v) is 5.28. The molecule has 2 N–H and O–H groups in total. The van der Waals surface area contributed by atoms with Crippen LogP contribution in [0, 0.1) is 0 Å². The van der Waals surface area contributed by atoms with Gasteiger partial charge in [0.2, 0.25) is 0 Å². The Labute approximate surface area is 157 Å².